The van der Waals surface area contributed by atoms with Crippen molar-refractivity contribution in [3.8, 4) is 0 Å². The number of benzene rings is 2. The molecule has 6 nitrogen and oxygen atoms in total. The fourth-order valence-electron chi connectivity index (χ4n) is 8.76. The van der Waals surface area contributed by atoms with Gasteiger partial charge in [0.2, 0.25) is 0 Å². The molecule has 320 valence electrons. The summed E-state index contributed by atoms with van der Waals surface area (Å²) in [7, 11) is 0. The predicted molar refractivity (Wildman–Crippen MR) is 254 cm³/mol. The van der Waals surface area contributed by atoms with Crippen LogP contribution in [0.15, 0.2) is 60.9 Å². The van der Waals surface area contributed by atoms with Crippen molar-refractivity contribution in [1.29, 1.82) is 0 Å². The van der Waals surface area contributed by atoms with Crippen LogP contribution in [-0.2, 0) is 0 Å². The molecule has 6 rings (SSSR count). The summed E-state index contributed by atoms with van der Waals surface area (Å²) in [4.78, 5) is 14.1. The molecule has 0 amide bonds. The number of piperidine rings is 2. The van der Waals surface area contributed by atoms with Gasteiger partial charge in [0.05, 0.1) is 11.0 Å². The van der Waals surface area contributed by atoms with Crippen LogP contribution in [-0.4, -0.2) is 72.1 Å². The Morgan fingerprint density at radius 2 is 0.759 bits per heavy atom. The number of aromatic nitrogens is 2. The van der Waals surface area contributed by atoms with E-state index in [0.717, 1.165) is 56.3 Å². The highest BCUT2D eigenvalue weighted by molar-refractivity contribution is 6.31. The average Bonchev–Trinajstić information content (AvgIpc) is 3.25. The number of unbranched alkanes of at least 4 members (excludes halogenated alkanes) is 16. The highest BCUT2D eigenvalue weighted by Crippen LogP contribution is 2.26. The maximum atomic E-state index is 6.07. The summed E-state index contributed by atoms with van der Waals surface area (Å²) in [5.41, 5.74) is 4.24. The first-order valence-electron chi connectivity index (χ1n) is 23.7. The van der Waals surface area contributed by atoms with Crippen molar-refractivity contribution >= 4 is 56.4 Å². The van der Waals surface area contributed by atoms with Gasteiger partial charge in [-0.15, -0.1) is 0 Å². The lowest BCUT2D eigenvalue weighted by Crippen LogP contribution is -2.30. The Labute approximate surface area is 362 Å². The number of hydrogen-bond acceptors (Lipinski definition) is 6. The zero-order chi connectivity index (χ0) is 40.3. The van der Waals surface area contributed by atoms with E-state index in [9.17, 15) is 0 Å². The second-order valence-electron chi connectivity index (χ2n) is 17.1. The zero-order valence-corrected chi connectivity index (χ0v) is 37.5. The second-order valence-corrected chi connectivity index (χ2v) is 17.9. The van der Waals surface area contributed by atoms with E-state index in [1.165, 1.54) is 193 Å². The largest absolute Gasteiger partial charge is 0.384 e. The first-order valence-corrected chi connectivity index (χ1v) is 24.4. The van der Waals surface area contributed by atoms with E-state index in [1.54, 1.807) is 0 Å². The van der Waals surface area contributed by atoms with Gasteiger partial charge in [0, 0.05) is 57.7 Å². The van der Waals surface area contributed by atoms with E-state index in [-0.39, 0.29) is 0 Å². The molecule has 0 bridgehead atoms. The molecule has 2 aliphatic heterocycles. The fraction of sp³-hybridized carbons (Fsp3) is 0.640. The normalized spacial score (nSPS) is 15.1. The van der Waals surface area contributed by atoms with Crippen molar-refractivity contribution in [3.63, 3.8) is 0 Å². The molecule has 0 spiro atoms. The van der Waals surface area contributed by atoms with E-state index in [4.69, 9.17) is 23.2 Å². The Hall–Kier alpha value is -2.64. The van der Waals surface area contributed by atoms with Gasteiger partial charge in [-0.1, -0.05) is 126 Å². The molecule has 2 N–H and O–H groups in total. The Morgan fingerprint density at radius 1 is 0.414 bits per heavy atom. The van der Waals surface area contributed by atoms with E-state index >= 15 is 0 Å². The van der Waals surface area contributed by atoms with Crippen LogP contribution in [0.1, 0.15) is 154 Å². The monoisotopic (exact) mass is 831 g/mol. The standard InChI is InChI=1S/C26H40ClN3.C24H36ClN3/c27-23-14-15-24-25(16-18-29-26(24)22-23)28-17-10-7-5-3-1-2-4-6-8-11-19-30-20-12-9-13-21-30;25-21-12-13-22-23(14-16-27-24(22)20-21)26-15-8-5-3-1-2-4-6-9-17-28-18-10-7-11-19-28/h14-16,18,22H,1-13,17,19-21H2,(H,28,29);12-14,16,20H,1-11,15,17-19H2,(H,26,27). The number of pyridine rings is 2. The maximum Gasteiger partial charge on any atom is 0.0737 e. The van der Waals surface area contributed by atoms with Crippen molar-refractivity contribution in [2.24, 2.45) is 0 Å². The number of halogens is 2. The molecule has 0 atom stereocenters. The lowest BCUT2D eigenvalue weighted by atomic mass is 10.1. The summed E-state index contributed by atoms with van der Waals surface area (Å²) in [6.07, 6.45) is 37.1. The Kier molecular flexibility index (Phi) is 23.0. The number of likely N-dealkylation sites (tertiary alicyclic amines) is 2. The molecule has 4 aromatic rings. The third-order valence-corrected chi connectivity index (χ3v) is 12.7. The minimum absolute atomic E-state index is 0.739. The molecule has 0 unspecified atom stereocenters. The molecule has 4 heterocycles. The molecule has 0 saturated carbocycles. The van der Waals surface area contributed by atoms with Crippen LogP contribution in [0.2, 0.25) is 10.0 Å². The zero-order valence-electron chi connectivity index (χ0n) is 35.9. The van der Waals surface area contributed by atoms with E-state index in [0.29, 0.717) is 0 Å². The number of anilines is 2. The molecule has 2 saturated heterocycles. The summed E-state index contributed by atoms with van der Waals surface area (Å²) in [5.74, 6) is 0. The summed E-state index contributed by atoms with van der Waals surface area (Å²) in [6, 6.07) is 15.9. The predicted octanol–water partition coefficient (Wildman–Crippen LogP) is 14.6. The van der Waals surface area contributed by atoms with Crippen LogP contribution in [0.4, 0.5) is 11.4 Å². The van der Waals surface area contributed by atoms with Gasteiger partial charge in [0.1, 0.15) is 0 Å². The SMILES string of the molecule is Clc1ccc2c(NCCCCCCCCCCCCN3CCCCC3)ccnc2c1.Clc1ccc2c(NCCCCCCCCCCN3CCCCC3)ccnc2c1. The molecule has 0 aliphatic carbocycles. The molecule has 0 radical (unpaired) electrons. The molecule has 2 fully saturated rings. The van der Waals surface area contributed by atoms with Gasteiger partial charge in [-0.2, -0.15) is 0 Å². The second kappa shape index (κ2) is 28.8. The van der Waals surface area contributed by atoms with Crippen LogP contribution in [0.5, 0.6) is 0 Å². The number of fused-ring (bicyclic) bond motifs is 2. The molecular weight excluding hydrogens is 755 g/mol. The number of hydrogen-bond donors (Lipinski definition) is 2. The highest BCUT2D eigenvalue weighted by Gasteiger charge is 2.10. The third kappa shape index (κ3) is 18.3. The Balaban J connectivity index is 0.000000221. The lowest BCUT2D eigenvalue weighted by Gasteiger charge is -2.26. The third-order valence-electron chi connectivity index (χ3n) is 12.2. The summed E-state index contributed by atoms with van der Waals surface area (Å²) in [5, 5.41) is 10.9. The van der Waals surface area contributed by atoms with Crippen LogP contribution in [0.3, 0.4) is 0 Å². The summed E-state index contributed by atoms with van der Waals surface area (Å²) in [6.45, 7) is 10.1. The van der Waals surface area contributed by atoms with Crippen LogP contribution < -0.4 is 10.6 Å². The van der Waals surface area contributed by atoms with Gasteiger partial charge in [-0.25, -0.2) is 0 Å². The van der Waals surface area contributed by atoms with Gasteiger partial charge >= 0.3 is 0 Å². The topological polar surface area (TPSA) is 56.3 Å². The minimum Gasteiger partial charge on any atom is -0.384 e. The first-order chi connectivity index (χ1) is 28.7. The Morgan fingerprint density at radius 3 is 1.14 bits per heavy atom. The van der Waals surface area contributed by atoms with Crippen molar-refractivity contribution in [1.82, 2.24) is 19.8 Å². The van der Waals surface area contributed by atoms with Crippen molar-refractivity contribution < 1.29 is 0 Å². The van der Waals surface area contributed by atoms with Gasteiger partial charge in [0.25, 0.3) is 0 Å². The smallest absolute Gasteiger partial charge is 0.0737 e. The molecule has 58 heavy (non-hydrogen) atoms. The van der Waals surface area contributed by atoms with Crippen LogP contribution in [0.25, 0.3) is 21.8 Å². The van der Waals surface area contributed by atoms with Crippen molar-refractivity contribution in [3.05, 3.63) is 71.0 Å². The molecule has 2 aromatic heterocycles. The van der Waals surface area contributed by atoms with E-state index in [2.05, 4.69) is 54.7 Å². The van der Waals surface area contributed by atoms with Crippen molar-refractivity contribution in [2.75, 3.05) is 63.0 Å². The van der Waals surface area contributed by atoms with Crippen LogP contribution >= 0.6 is 23.2 Å². The number of rotatable bonds is 26. The summed E-state index contributed by atoms with van der Waals surface area (Å²) < 4.78 is 0. The fourth-order valence-corrected chi connectivity index (χ4v) is 9.09. The van der Waals surface area contributed by atoms with Crippen LogP contribution in [0, 0.1) is 0 Å². The van der Waals surface area contributed by atoms with Gasteiger partial charge < -0.3 is 20.4 Å². The molecule has 2 aromatic carbocycles. The van der Waals surface area contributed by atoms with Gasteiger partial charge in [0.15, 0.2) is 0 Å². The molecular formula is C50H76Cl2N6. The quantitative estimate of drug-likeness (QED) is 0.0615. The molecule has 2 aliphatic rings. The van der Waals surface area contributed by atoms with Crippen molar-refractivity contribution in [2.45, 2.75) is 154 Å². The van der Waals surface area contributed by atoms with E-state index in [1.807, 2.05) is 36.7 Å². The van der Waals surface area contributed by atoms with Gasteiger partial charge in [-0.3, -0.25) is 9.97 Å². The Bertz CT molecular complexity index is 1670. The van der Waals surface area contributed by atoms with Gasteiger partial charge in [-0.05, 0) is 139 Å². The van der Waals surface area contributed by atoms with E-state index < -0.39 is 0 Å². The number of nitrogens with one attached hydrogen (secondary N) is 2. The lowest BCUT2D eigenvalue weighted by molar-refractivity contribution is 0.224. The summed E-state index contributed by atoms with van der Waals surface area (Å²) >= 11 is 12.1. The highest BCUT2D eigenvalue weighted by atomic mass is 35.5. The minimum atomic E-state index is 0.739. The average molecular weight is 832 g/mol. The maximum absolute atomic E-state index is 6.07. The first kappa shape index (κ1) is 46.4. The number of nitrogens with zero attached hydrogens (tertiary/aromatic N) is 4. The molecule has 8 heteroatoms.